The molecule has 0 spiro atoms. The molecule has 19 heavy (non-hydrogen) atoms. The fraction of sp³-hybridized carbons (Fsp3) is 0.417. The molecule has 1 aromatic carbocycles. The fourth-order valence-electron chi connectivity index (χ4n) is 1.46. The van der Waals surface area contributed by atoms with Crippen molar-refractivity contribution >= 4 is 5.91 Å². The molecular formula is C12H14F3NO3. The van der Waals surface area contributed by atoms with Crippen LogP contribution in [0, 0.1) is 0 Å². The zero-order valence-electron chi connectivity index (χ0n) is 10.00. The summed E-state index contributed by atoms with van der Waals surface area (Å²) >= 11 is 0. The van der Waals surface area contributed by atoms with Crippen molar-refractivity contribution < 1.29 is 28.2 Å². The normalized spacial score (nSPS) is 11.3. The molecule has 7 heteroatoms. The predicted molar refractivity (Wildman–Crippen MR) is 62.0 cm³/mol. The van der Waals surface area contributed by atoms with Gasteiger partial charge in [-0.05, 0) is 25.0 Å². The van der Waals surface area contributed by atoms with Crippen LogP contribution in [0.15, 0.2) is 18.2 Å². The molecule has 0 saturated heterocycles. The first-order valence-corrected chi connectivity index (χ1v) is 5.66. The minimum atomic E-state index is -4.18. The van der Waals surface area contributed by atoms with Crippen LogP contribution in [-0.4, -0.2) is 28.8 Å². The average Bonchev–Trinajstić information content (AvgIpc) is 2.26. The van der Waals surface area contributed by atoms with Gasteiger partial charge in [-0.25, -0.2) is 0 Å². The second-order valence-electron chi connectivity index (χ2n) is 4.03. The molecule has 0 aliphatic heterocycles. The van der Waals surface area contributed by atoms with Crippen LogP contribution < -0.4 is 5.32 Å². The van der Waals surface area contributed by atoms with Crippen molar-refractivity contribution in [1.82, 2.24) is 5.32 Å². The minimum absolute atomic E-state index is 0.0337. The number of rotatable bonds is 5. The number of amides is 1. The Balaban J connectivity index is 2.36. The number of benzene rings is 1. The molecule has 1 rings (SSSR count). The summed E-state index contributed by atoms with van der Waals surface area (Å²) in [5.41, 5.74) is -0.0337. The first-order chi connectivity index (χ1) is 8.79. The van der Waals surface area contributed by atoms with Crippen LogP contribution in [0.2, 0.25) is 0 Å². The molecule has 0 unspecified atom stereocenters. The molecule has 0 aliphatic rings. The van der Waals surface area contributed by atoms with E-state index in [1.165, 1.54) is 12.1 Å². The summed E-state index contributed by atoms with van der Waals surface area (Å²) in [5, 5.41) is 20.8. The lowest BCUT2D eigenvalue weighted by molar-refractivity contribution is -0.135. The van der Waals surface area contributed by atoms with Gasteiger partial charge in [0.15, 0.2) is 0 Å². The molecule has 106 valence electrons. The third-order valence-corrected chi connectivity index (χ3v) is 2.40. The summed E-state index contributed by atoms with van der Waals surface area (Å²) in [4.78, 5) is 11.6. The number of carbonyl (C=O) groups is 1. The summed E-state index contributed by atoms with van der Waals surface area (Å²) in [6.07, 6.45) is -4.93. The zero-order chi connectivity index (χ0) is 14.5. The number of aromatic hydroxyl groups is 2. The van der Waals surface area contributed by atoms with Gasteiger partial charge in [-0.3, -0.25) is 4.79 Å². The number of nitrogens with one attached hydrogen (secondary N) is 1. The number of unbranched alkanes of at least 4 members (excludes halogenated alkanes) is 1. The Morgan fingerprint density at radius 3 is 2.47 bits per heavy atom. The summed E-state index contributed by atoms with van der Waals surface area (Å²) in [5.74, 6) is -1.16. The second kappa shape index (κ2) is 6.31. The first kappa shape index (κ1) is 15.1. The van der Waals surface area contributed by atoms with E-state index in [-0.39, 0.29) is 36.4 Å². The lowest BCUT2D eigenvalue weighted by Crippen LogP contribution is -2.24. The highest BCUT2D eigenvalue weighted by atomic mass is 19.4. The molecule has 0 bridgehead atoms. The average molecular weight is 277 g/mol. The van der Waals surface area contributed by atoms with Gasteiger partial charge in [-0.15, -0.1) is 0 Å². The van der Waals surface area contributed by atoms with E-state index in [1.807, 2.05) is 0 Å². The van der Waals surface area contributed by atoms with Crippen LogP contribution in [0.25, 0.3) is 0 Å². The van der Waals surface area contributed by atoms with Gasteiger partial charge < -0.3 is 15.5 Å². The van der Waals surface area contributed by atoms with E-state index in [2.05, 4.69) is 5.32 Å². The third kappa shape index (κ3) is 5.50. The number of hydrogen-bond donors (Lipinski definition) is 3. The Morgan fingerprint density at radius 1 is 1.21 bits per heavy atom. The molecule has 0 heterocycles. The van der Waals surface area contributed by atoms with Crippen molar-refractivity contribution in [2.75, 3.05) is 6.54 Å². The number of alkyl halides is 3. The van der Waals surface area contributed by atoms with Crippen molar-refractivity contribution in [1.29, 1.82) is 0 Å². The molecule has 0 radical (unpaired) electrons. The highest BCUT2D eigenvalue weighted by Gasteiger charge is 2.25. The maximum atomic E-state index is 11.9. The molecular weight excluding hydrogens is 263 g/mol. The van der Waals surface area contributed by atoms with E-state index < -0.39 is 18.5 Å². The first-order valence-electron chi connectivity index (χ1n) is 5.66. The van der Waals surface area contributed by atoms with Gasteiger partial charge >= 0.3 is 6.18 Å². The molecule has 0 aliphatic carbocycles. The molecule has 0 aromatic heterocycles. The number of carbonyl (C=O) groups excluding carboxylic acids is 1. The SMILES string of the molecule is O=C(NCCCCC(F)(F)F)c1ccc(O)cc1O. The molecule has 0 saturated carbocycles. The van der Waals surface area contributed by atoms with E-state index in [1.54, 1.807) is 0 Å². The third-order valence-electron chi connectivity index (χ3n) is 2.40. The van der Waals surface area contributed by atoms with Crippen molar-refractivity contribution in [3.05, 3.63) is 23.8 Å². The Labute approximate surface area is 107 Å². The van der Waals surface area contributed by atoms with E-state index in [0.29, 0.717) is 0 Å². The highest BCUT2D eigenvalue weighted by Crippen LogP contribution is 2.23. The largest absolute Gasteiger partial charge is 0.508 e. The maximum Gasteiger partial charge on any atom is 0.389 e. The van der Waals surface area contributed by atoms with Gasteiger partial charge in [0, 0.05) is 19.0 Å². The van der Waals surface area contributed by atoms with Gasteiger partial charge in [0.05, 0.1) is 5.56 Å². The van der Waals surface area contributed by atoms with Crippen LogP contribution in [0.4, 0.5) is 13.2 Å². The van der Waals surface area contributed by atoms with Crippen LogP contribution in [0.1, 0.15) is 29.6 Å². The van der Waals surface area contributed by atoms with Crippen molar-refractivity contribution in [2.24, 2.45) is 0 Å². The topological polar surface area (TPSA) is 69.6 Å². The quantitative estimate of drug-likeness (QED) is 0.724. The summed E-state index contributed by atoms with van der Waals surface area (Å²) < 4.78 is 35.6. The Hall–Kier alpha value is -1.92. The highest BCUT2D eigenvalue weighted by molar-refractivity contribution is 5.96. The molecule has 0 atom stereocenters. The monoisotopic (exact) mass is 277 g/mol. The van der Waals surface area contributed by atoms with Crippen molar-refractivity contribution in [3.63, 3.8) is 0 Å². The summed E-state index contributed by atoms with van der Waals surface area (Å²) in [6.45, 7) is 0.0925. The van der Waals surface area contributed by atoms with Crippen LogP contribution >= 0.6 is 0 Å². The molecule has 4 nitrogen and oxygen atoms in total. The van der Waals surface area contributed by atoms with Crippen LogP contribution in [0.5, 0.6) is 11.5 Å². The number of phenols is 2. The zero-order valence-corrected chi connectivity index (χ0v) is 10.00. The number of phenolic OH excluding ortho intramolecular Hbond substituents is 2. The van der Waals surface area contributed by atoms with Crippen molar-refractivity contribution in [3.8, 4) is 11.5 Å². The minimum Gasteiger partial charge on any atom is -0.508 e. The Morgan fingerprint density at radius 2 is 1.89 bits per heavy atom. The van der Waals surface area contributed by atoms with Gasteiger partial charge in [-0.2, -0.15) is 13.2 Å². The summed E-state index contributed by atoms with van der Waals surface area (Å²) in [7, 11) is 0. The molecule has 1 aromatic rings. The standard InChI is InChI=1S/C12H14F3NO3/c13-12(14,15)5-1-2-6-16-11(19)9-4-3-8(17)7-10(9)18/h3-4,7,17-18H,1-2,5-6H2,(H,16,19). The Kier molecular flexibility index (Phi) is 5.02. The van der Waals surface area contributed by atoms with Crippen LogP contribution in [0.3, 0.4) is 0 Å². The van der Waals surface area contributed by atoms with Crippen LogP contribution in [-0.2, 0) is 0 Å². The molecule has 3 N–H and O–H groups in total. The maximum absolute atomic E-state index is 11.9. The number of hydrogen-bond acceptors (Lipinski definition) is 3. The molecule has 0 fully saturated rings. The summed E-state index contributed by atoms with van der Waals surface area (Å²) in [6, 6.07) is 3.48. The smallest absolute Gasteiger partial charge is 0.389 e. The van der Waals surface area contributed by atoms with E-state index >= 15 is 0 Å². The Bertz CT molecular complexity index is 446. The molecule has 1 amide bonds. The lowest BCUT2D eigenvalue weighted by atomic mass is 10.1. The van der Waals surface area contributed by atoms with Gasteiger partial charge in [-0.1, -0.05) is 0 Å². The van der Waals surface area contributed by atoms with Gasteiger partial charge in [0.2, 0.25) is 0 Å². The lowest BCUT2D eigenvalue weighted by Gasteiger charge is -2.08. The van der Waals surface area contributed by atoms with E-state index in [4.69, 9.17) is 5.11 Å². The number of halogens is 3. The fourth-order valence-corrected chi connectivity index (χ4v) is 1.46. The van der Waals surface area contributed by atoms with Gasteiger partial charge in [0.25, 0.3) is 5.91 Å². The van der Waals surface area contributed by atoms with Crippen molar-refractivity contribution in [2.45, 2.75) is 25.4 Å². The predicted octanol–water partition coefficient (Wildman–Crippen LogP) is 2.56. The van der Waals surface area contributed by atoms with E-state index in [9.17, 15) is 23.1 Å². The second-order valence-corrected chi connectivity index (χ2v) is 4.03. The van der Waals surface area contributed by atoms with Gasteiger partial charge in [0.1, 0.15) is 11.5 Å². The van der Waals surface area contributed by atoms with E-state index in [0.717, 1.165) is 6.07 Å².